The molecule has 0 saturated carbocycles. The highest BCUT2D eigenvalue weighted by atomic mass is 16.5. The number of carbonyl (C=O) groups is 2. The van der Waals surface area contributed by atoms with Crippen LogP contribution < -0.4 is 10.1 Å². The van der Waals surface area contributed by atoms with Gasteiger partial charge in [0.2, 0.25) is 5.91 Å². The Balaban J connectivity index is 1.52. The number of amides is 2. The lowest BCUT2D eigenvalue weighted by molar-refractivity contribution is -0.139. The van der Waals surface area contributed by atoms with Crippen LogP contribution in [0.5, 0.6) is 5.75 Å². The number of aliphatic hydroxyl groups excluding tert-OH is 1. The molecule has 0 spiro atoms. The van der Waals surface area contributed by atoms with Crippen LogP contribution in [-0.2, 0) is 9.59 Å². The van der Waals surface area contributed by atoms with Gasteiger partial charge in [0.25, 0.3) is 5.91 Å². The van der Waals surface area contributed by atoms with Gasteiger partial charge in [-0.25, -0.2) is 0 Å². The summed E-state index contributed by atoms with van der Waals surface area (Å²) >= 11 is 0. The van der Waals surface area contributed by atoms with Gasteiger partial charge in [0.05, 0.1) is 6.10 Å². The smallest absolute Gasteiger partial charge is 0.261 e. The standard InChI is InChI=1S/C18H24N2O4/c1-2-17(22)19-12-3-7-16(8-4-12)24-11-18(23)20-13-5-6-14(20)10-15(21)9-13/h3-4,7-8,13-15,21H,2,5-6,9-11H2,1H3,(H,19,22)/t13-,14+,15?. The zero-order chi connectivity index (χ0) is 17.1. The molecular weight excluding hydrogens is 308 g/mol. The van der Waals surface area contributed by atoms with Crippen molar-refractivity contribution in [2.45, 2.75) is 57.2 Å². The van der Waals surface area contributed by atoms with Crippen molar-refractivity contribution in [3.05, 3.63) is 24.3 Å². The summed E-state index contributed by atoms with van der Waals surface area (Å²) < 4.78 is 5.59. The number of benzene rings is 1. The first kappa shape index (κ1) is 16.8. The second-order valence-corrected chi connectivity index (χ2v) is 6.53. The van der Waals surface area contributed by atoms with Crippen LogP contribution in [0.1, 0.15) is 39.0 Å². The molecule has 130 valence electrons. The van der Waals surface area contributed by atoms with Gasteiger partial charge in [-0.1, -0.05) is 6.92 Å². The summed E-state index contributed by atoms with van der Waals surface area (Å²) in [6.45, 7) is 1.80. The Hall–Kier alpha value is -2.08. The summed E-state index contributed by atoms with van der Waals surface area (Å²) in [5, 5.41) is 12.6. The third-order valence-electron chi connectivity index (χ3n) is 4.82. The number of rotatable bonds is 5. The van der Waals surface area contributed by atoms with Gasteiger partial charge in [0.15, 0.2) is 6.61 Å². The van der Waals surface area contributed by atoms with E-state index in [0.717, 1.165) is 12.8 Å². The molecule has 3 atom stereocenters. The first-order valence-electron chi connectivity index (χ1n) is 8.58. The highest BCUT2D eigenvalue weighted by Crippen LogP contribution is 2.35. The number of ether oxygens (including phenoxy) is 1. The van der Waals surface area contributed by atoms with Crippen molar-refractivity contribution >= 4 is 17.5 Å². The monoisotopic (exact) mass is 332 g/mol. The number of fused-ring (bicyclic) bond motifs is 2. The topological polar surface area (TPSA) is 78.9 Å². The van der Waals surface area contributed by atoms with Gasteiger partial charge in [-0.15, -0.1) is 0 Å². The SMILES string of the molecule is CCC(=O)Nc1ccc(OCC(=O)N2[C@@H]3CC[C@H]2CC(O)C3)cc1. The number of aliphatic hydroxyl groups is 1. The Labute approximate surface area is 141 Å². The largest absolute Gasteiger partial charge is 0.484 e. The Kier molecular flexibility index (Phi) is 5.04. The molecule has 6 nitrogen and oxygen atoms in total. The van der Waals surface area contributed by atoms with Crippen molar-refractivity contribution in [1.29, 1.82) is 0 Å². The maximum Gasteiger partial charge on any atom is 0.261 e. The first-order valence-corrected chi connectivity index (χ1v) is 8.58. The predicted octanol–water partition coefficient (Wildman–Crippen LogP) is 1.93. The van der Waals surface area contributed by atoms with E-state index in [1.807, 2.05) is 4.90 Å². The number of nitrogens with one attached hydrogen (secondary N) is 1. The lowest BCUT2D eigenvalue weighted by atomic mass is 10.00. The number of carbonyl (C=O) groups excluding carboxylic acids is 2. The number of anilines is 1. The van der Waals surface area contributed by atoms with Crippen LogP contribution in [0.3, 0.4) is 0 Å². The molecule has 0 aromatic heterocycles. The van der Waals surface area contributed by atoms with E-state index in [1.165, 1.54) is 0 Å². The van der Waals surface area contributed by atoms with Gasteiger partial charge in [-0.3, -0.25) is 9.59 Å². The number of hydrogen-bond acceptors (Lipinski definition) is 4. The predicted molar refractivity (Wildman–Crippen MR) is 89.8 cm³/mol. The van der Waals surface area contributed by atoms with Crippen molar-refractivity contribution in [2.24, 2.45) is 0 Å². The van der Waals surface area contributed by atoms with Crippen LogP contribution in [0, 0.1) is 0 Å². The molecule has 24 heavy (non-hydrogen) atoms. The van der Waals surface area contributed by atoms with Gasteiger partial charge < -0.3 is 20.1 Å². The van der Waals surface area contributed by atoms with E-state index in [0.29, 0.717) is 30.7 Å². The summed E-state index contributed by atoms with van der Waals surface area (Å²) in [4.78, 5) is 25.7. The lowest BCUT2D eigenvalue weighted by Crippen LogP contribution is -2.49. The van der Waals surface area contributed by atoms with Crippen LogP contribution in [0.25, 0.3) is 0 Å². The maximum absolute atomic E-state index is 12.5. The molecule has 2 aliphatic rings. The number of hydrogen-bond donors (Lipinski definition) is 2. The van der Waals surface area contributed by atoms with Crippen molar-refractivity contribution < 1.29 is 19.4 Å². The zero-order valence-electron chi connectivity index (χ0n) is 13.9. The third kappa shape index (κ3) is 3.70. The summed E-state index contributed by atoms with van der Waals surface area (Å²) in [7, 11) is 0. The molecule has 0 radical (unpaired) electrons. The van der Waals surface area contributed by atoms with E-state index in [2.05, 4.69) is 5.32 Å². The molecule has 2 bridgehead atoms. The molecule has 2 fully saturated rings. The van der Waals surface area contributed by atoms with E-state index in [9.17, 15) is 14.7 Å². The highest BCUT2D eigenvalue weighted by molar-refractivity contribution is 5.90. The highest BCUT2D eigenvalue weighted by Gasteiger charge is 2.42. The van der Waals surface area contributed by atoms with E-state index in [-0.39, 0.29) is 36.6 Å². The number of piperidine rings is 1. The zero-order valence-corrected chi connectivity index (χ0v) is 13.9. The Morgan fingerprint density at radius 1 is 1.21 bits per heavy atom. The molecule has 3 rings (SSSR count). The Bertz CT molecular complexity index is 588. The summed E-state index contributed by atoms with van der Waals surface area (Å²) in [6, 6.07) is 7.31. The Morgan fingerprint density at radius 2 is 1.83 bits per heavy atom. The van der Waals surface area contributed by atoms with Crippen LogP contribution in [-0.4, -0.2) is 46.6 Å². The van der Waals surface area contributed by atoms with Crippen LogP contribution in [0.15, 0.2) is 24.3 Å². The van der Waals surface area contributed by atoms with Crippen LogP contribution >= 0.6 is 0 Å². The van der Waals surface area contributed by atoms with Crippen molar-refractivity contribution in [3.8, 4) is 5.75 Å². The summed E-state index contributed by atoms with van der Waals surface area (Å²) in [6.07, 6.45) is 3.44. The second kappa shape index (κ2) is 7.21. The molecule has 6 heteroatoms. The Morgan fingerprint density at radius 3 is 2.42 bits per heavy atom. The molecule has 2 aliphatic heterocycles. The van der Waals surface area contributed by atoms with Crippen molar-refractivity contribution in [2.75, 3.05) is 11.9 Å². The first-order chi connectivity index (χ1) is 11.6. The van der Waals surface area contributed by atoms with E-state index >= 15 is 0 Å². The van der Waals surface area contributed by atoms with Crippen molar-refractivity contribution in [3.63, 3.8) is 0 Å². The minimum atomic E-state index is -0.279. The van der Waals surface area contributed by atoms with Crippen LogP contribution in [0.2, 0.25) is 0 Å². The summed E-state index contributed by atoms with van der Waals surface area (Å²) in [5.74, 6) is 0.543. The molecule has 2 amide bonds. The van der Waals surface area contributed by atoms with Gasteiger partial charge >= 0.3 is 0 Å². The normalized spacial score (nSPS) is 25.4. The minimum absolute atomic E-state index is 0.00373. The summed E-state index contributed by atoms with van der Waals surface area (Å²) in [5.41, 5.74) is 0.712. The van der Waals surface area contributed by atoms with E-state index in [4.69, 9.17) is 4.74 Å². The fourth-order valence-electron chi connectivity index (χ4n) is 3.66. The molecule has 1 aromatic rings. The fraction of sp³-hybridized carbons (Fsp3) is 0.556. The van der Waals surface area contributed by atoms with Crippen LogP contribution in [0.4, 0.5) is 5.69 Å². The molecule has 2 saturated heterocycles. The van der Waals surface area contributed by atoms with Crippen molar-refractivity contribution in [1.82, 2.24) is 4.90 Å². The second-order valence-electron chi connectivity index (χ2n) is 6.53. The van der Waals surface area contributed by atoms with E-state index < -0.39 is 0 Å². The van der Waals surface area contributed by atoms with Gasteiger partial charge in [-0.05, 0) is 49.9 Å². The molecule has 1 unspecified atom stereocenters. The lowest BCUT2D eigenvalue weighted by Gasteiger charge is -2.37. The average Bonchev–Trinajstić information content (AvgIpc) is 2.85. The number of nitrogens with zero attached hydrogens (tertiary/aromatic N) is 1. The molecule has 2 heterocycles. The molecular formula is C18H24N2O4. The average molecular weight is 332 g/mol. The maximum atomic E-state index is 12.5. The molecule has 2 N–H and O–H groups in total. The van der Waals surface area contributed by atoms with Gasteiger partial charge in [-0.2, -0.15) is 0 Å². The van der Waals surface area contributed by atoms with Gasteiger partial charge in [0.1, 0.15) is 5.75 Å². The van der Waals surface area contributed by atoms with E-state index in [1.54, 1.807) is 31.2 Å². The third-order valence-corrected chi connectivity index (χ3v) is 4.82. The molecule has 0 aliphatic carbocycles. The minimum Gasteiger partial charge on any atom is -0.484 e. The van der Waals surface area contributed by atoms with Gasteiger partial charge in [0, 0.05) is 24.2 Å². The fourth-order valence-corrected chi connectivity index (χ4v) is 3.66. The molecule has 1 aromatic carbocycles. The quantitative estimate of drug-likeness (QED) is 0.863.